The van der Waals surface area contributed by atoms with E-state index in [2.05, 4.69) is 36.1 Å². The lowest BCUT2D eigenvalue weighted by molar-refractivity contribution is 0.0619. The summed E-state index contributed by atoms with van der Waals surface area (Å²) in [6, 6.07) is 16.4. The number of piperazine rings is 1. The number of benzene rings is 2. The molecule has 1 amide bonds. The zero-order chi connectivity index (χ0) is 19.0. The summed E-state index contributed by atoms with van der Waals surface area (Å²) in [6.45, 7) is 6.33. The van der Waals surface area contributed by atoms with Gasteiger partial charge in [-0.2, -0.15) is 0 Å². The molecule has 4 rings (SSSR count). The molecule has 3 aromatic rings. The molecule has 0 unspecified atom stereocenters. The van der Waals surface area contributed by atoms with Crippen LogP contribution in [0.4, 0.5) is 0 Å². The normalized spacial score (nSPS) is 15.4. The molecule has 4 nitrogen and oxygen atoms in total. The molecule has 5 heteroatoms. The average Bonchev–Trinajstić information content (AvgIpc) is 3.02. The zero-order valence-electron chi connectivity index (χ0n) is 15.8. The summed E-state index contributed by atoms with van der Waals surface area (Å²) in [4.78, 5) is 17.4. The van der Waals surface area contributed by atoms with E-state index in [0.29, 0.717) is 10.7 Å². The molecule has 0 saturated carbocycles. The van der Waals surface area contributed by atoms with Crippen LogP contribution < -0.4 is 0 Å². The van der Waals surface area contributed by atoms with E-state index in [1.54, 1.807) is 0 Å². The molecule has 0 bridgehead atoms. The Morgan fingerprint density at radius 2 is 1.74 bits per heavy atom. The molecule has 0 atom stereocenters. The molecule has 27 heavy (non-hydrogen) atoms. The summed E-state index contributed by atoms with van der Waals surface area (Å²) in [6.07, 6.45) is 0. The number of fused-ring (bicyclic) bond motifs is 1. The molecule has 1 aliphatic rings. The zero-order valence-corrected chi connectivity index (χ0v) is 16.5. The van der Waals surface area contributed by atoms with Crippen LogP contribution in [-0.4, -0.2) is 46.5 Å². The summed E-state index contributed by atoms with van der Waals surface area (Å²) in [5.74, 6) is 0.0831. The molecule has 1 fully saturated rings. The summed E-state index contributed by atoms with van der Waals surface area (Å²) < 4.78 is 1.95. The first-order valence-corrected chi connectivity index (χ1v) is 9.72. The fraction of sp³-hybridized carbons (Fsp3) is 0.318. The minimum Gasteiger partial charge on any atom is -0.340 e. The van der Waals surface area contributed by atoms with E-state index in [-0.39, 0.29) is 5.91 Å². The van der Waals surface area contributed by atoms with Gasteiger partial charge < -0.3 is 9.47 Å². The molecular formula is C22H24ClN3O. The lowest BCUT2D eigenvalue weighted by Gasteiger charge is -2.34. The van der Waals surface area contributed by atoms with Crippen LogP contribution in [0.1, 0.15) is 21.6 Å². The lowest BCUT2D eigenvalue weighted by Crippen LogP contribution is -2.48. The van der Waals surface area contributed by atoms with Gasteiger partial charge in [-0.25, -0.2) is 0 Å². The van der Waals surface area contributed by atoms with Crippen LogP contribution in [0.15, 0.2) is 48.5 Å². The van der Waals surface area contributed by atoms with Crippen molar-refractivity contribution in [3.05, 3.63) is 70.4 Å². The van der Waals surface area contributed by atoms with Crippen LogP contribution in [0.2, 0.25) is 5.02 Å². The maximum Gasteiger partial charge on any atom is 0.270 e. The average molecular weight is 382 g/mol. The molecule has 2 heterocycles. The molecule has 0 radical (unpaired) electrons. The summed E-state index contributed by atoms with van der Waals surface area (Å²) >= 11 is 6.29. The Kier molecular flexibility index (Phi) is 4.94. The molecule has 1 aromatic heterocycles. The Bertz CT molecular complexity index is 969. The second-order valence-corrected chi connectivity index (χ2v) is 7.72. The Labute approximate surface area is 164 Å². The summed E-state index contributed by atoms with van der Waals surface area (Å²) in [5, 5.41) is 1.62. The SMILES string of the molecule is Cc1ccc(CN2CCN(C(=O)c3cc4c(Cl)cccc4n3C)CC2)cc1. The van der Waals surface area contributed by atoms with Gasteiger partial charge in [-0.15, -0.1) is 0 Å². The molecule has 1 aliphatic heterocycles. The maximum atomic E-state index is 13.0. The highest BCUT2D eigenvalue weighted by atomic mass is 35.5. The largest absolute Gasteiger partial charge is 0.340 e. The topological polar surface area (TPSA) is 28.5 Å². The van der Waals surface area contributed by atoms with Crippen molar-refractivity contribution in [2.75, 3.05) is 26.2 Å². The van der Waals surface area contributed by atoms with E-state index in [1.807, 2.05) is 40.8 Å². The van der Waals surface area contributed by atoms with Crippen molar-refractivity contribution in [3.8, 4) is 0 Å². The van der Waals surface area contributed by atoms with Crippen molar-refractivity contribution < 1.29 is 4.79 Å². The van der Waals surface area contributed by atoms with Crippen molar-refractivity contribution in [2.24, 2.45) is 7.05 Å². The Hall–Kier alpha value is -2.30. The standard InChI is InChI=1S/C22H24ClN3O/c1-16-6-8-17(9-7-16)15-25-10-12-26(13-11-25)22(27)21-14-18-19(23)4-3-5-20(18)24(21)2/h3-9,14H,10-13,15H2,1-2H3. The number of aromatic nitrogens is 1. The minimum absolute atomic E-state index is 0.0831. The Morgan fingerprint density at radius 1 is 1.04 bits per heavy atom. The molecule has 0 aliphatic carbocycles. The third-order valence-electron chi connectivity index (χ3n) is 5.44. The van der Waals surface area contributed by atoms with Gasteiger partial charge in [-0.3, -0.25) is 9.69 Å². The highest BCUT2D eigenvalue weighted by Crippen LogP contribution is 2.27. The lowest BCUT2D eigenvalue weighted by atomic mass is 10.1. The summed E-state index contributed by atoms with van der Waals surface area (Å²) in [7, 11) is 1.93. The van der Waals surface area contributed by atoms with Crippen molar-refractivity contribution in [1.82, 2.24) is 14.4 Å². The minimum atomic E-state index is 0.0831. The van der Waals surface area contributed by atoms with Crippen LogP contribution in [-0.2, 0) is 13.6 Å². The molecule has 0 N–H and O–H groups in total. The van der Waals surface area contributed by atoms with E-state index >= 15 is 0 Å². The first-order valence-electron chi connectivity index (χ1n) is 9.34. The molecule has 0 spiro atoms. The number of rotatable bonds is 3. The smallest absolute Gasteiger partial charge is 0.270 e. The quantitative estimate of drug-likeness (QED) is 0.683. The van der Waals surface area contributed by atoms with Crippen LogP contribution in [0.25, 0.3) is 10.9 Å². The van der Waals surface area contributed by atoms with Crippen LogP contribution in [0, 0.1) is 6.92 Å². The van der Waals surface area contributed by atoms with Gasteiger partial charge >= 0.3 is 0 Å². The van der Waals surface area contributed by atoms with Gasteiger partial charge in [0, 0.05) is 55.7 Å². The number of nitrogens with zero attached hydrogens (tertiary/aromatic N) is 3. The van der Waals surface area contributed by atoms with Gasteiger partial charge in [0.05, 0.1) is 0 Å². The first kappa shape index (κ1) is 18.1. The number of hydrogen-bond donors (Lipinski definition) is 0. The second kappa shape index (κ2) is 7.37. The van der Waals surface area contributed by atoms with Gasteiger partial charge in [0.2, 0.25) is 0 Å². The van der Waals surface area contributed by atoms with E-state index in [4.69, 9.17) is 11.6 Å². The monoisotopic (exact) mass is 381 g/mol. The molecule has 1 saturated heterocycles. The second-order valence-electron chi connectivity index (χ2n) is 7.32. The van der Waals surface area contributed by atoms with E-state index in [0.717, 1.165) is 43.6 Å². The van der Waals surface area contributed by atoms with Crippen LogP contribution in [0.5, 0.6) is 0 Å². The highest BCUT2D eigenvalue weighted by molar-refractivity contribution is 6.35. The molecule has 140 valence electrons. The fourth-order valence-corrected chi connectivity index (χ4v) is 3.98. The summed E-state index contributed by atoms with van der Waals surface area (Å²) in [5.41, 5.74) is 4.29. The maximum absolute atomic E-state index is 13.0. The van der Waals surface area contributed by atoms with Crippen molar-refractivity contribution in [2.45, 2.75) is 13.5 Å². The number of halogens is 1. The van der Waals surface area contributed by atoms with Crippen molar-refractivity contribution in [3.63, 3.8) is 0 Å². The number of carbonyl (C=O) groups is 1. The third-order valence-corrected chi connectivity index (χ3v) is 5.77. The van der Waals surface area contributed by atoms with Gasteiger partial charge in [-0.05, 0) is 30.7 Å². The molecular weight excluding hydrogens is 358 g/mol. The van der Waals surface area contributed by atoms with E-state index < -0.39 is 0 Å². The Balaban J connectivity index is 1.44. The van der Waals surface area contributed by atoms with Crippen molar-refractivity contribution in [1.29, 1.82) is 0 Å². The predicted molar refractivity (Wildman–Crippen MR) is 110 cm³/mol. The number of hydrogen-bond acceptors (Lipinski definition) is 2. The number of carbonyl (C=O) groups excluding carboxylic acids is 1. The van der Waals surface area contributed by atoms with Crippen LogP contribution >= 0.6 is 11.6 Å². The highest BCUT2D eigenvalue weighted by Gasteiger charge is 2.25. The van der Waals surface area contributed by atoms with Gasteiger partial charge in [-0.1, -0.05) is 47.5 Å². The van der Waals surface area contributed by atoms with Gasteiger partial charge in [0.1, 0.15) is 5.69 Å². The third kappa shape index (κ3) is 3.60. The van der Waals surface area contributed by atoms with E-state index in [9.17, 15) is 4.79 Å². The van der Waals surface area contributed by atoms with Gasteiger partial charge in [0.15, 0.2) is 0 Å². The van der Waals surface area contributed by atoms with Gasteiger partial charge in [0.25, 0.3) is 5.91 Å². The first-order chi connectivity index (χ1) is 13.0. The van der Waals surface area contributed by atoms with Crippen molar-refractivity contribution >= 4 is 28.4 Å². The fourth-order valence-electron chi connectivity index (χ4n) is 3.75. The van der Waals surface area contributed by atoms with Crippen LogP contribution in [0.3, 0.4) is 0 Å². The van der Waals surface area contributed by atoms with E-state index in [1.165, 1.54) is 11.1 Å². The number of aryl methyl sites for hydroxylation is 2. The molecule has 2 aromatic carbocycles. The Morgan fingerprint density at radius 3 is 2.41 bits per heavy atom. The number of amides is 1. The predicted octanol–water partition coefficient (Wildman–Crippen LogP) is 4.10.